The molecule has 1 aromatic heterocycles. The van der Waals surface area contributed by atoms with Crippen LogP contribution in [0, 0.1) is 0 Å². The van der Waals surface area contributed by atoms with E-state index < -0.39 is 0 Å². The van der Waals surface area contributed by atoms with Gasteiger partial charge in [0.1, 0.15) is 5.88 Å². The molecule has 18 heavy (non-hydrogen) atoms. The summed E-state index contributed by atoms with van der Waals surface area (Å²) in [6.45, 7) is 4.79. The summed E-state index contributed by atoms with van der Waals surface area (Å²) in [4.78, 5) is 14.5. The van der Waals surface area contributed by atoms with E-state index >= 15 is 0 Å². The van der Waals surface area contributed by atoms with E-state index in [1.807, 2.05) is 24.4 Å². The number of fused-ring (bicyclic) bond motifs is 1. The van der Waals surface area contributed by atoms with Gasteiger partial charge in [0.05, 0.1) is 0 Å². The Morgan fingerprint density at radius 3 is 2.83 bits per heavy atom. The Morgan fingerprint density at radius 2 is 2.11 bits per heavy atom. The number of carbonyl (C=O) groups excluding carboxylic acids is 1. The molecule has 0 saturated heterocycles. The fourth-order valence-corrected chi connectivity index (χ4v) is 2.19. The Balaban J connectivity index is 2.26. The first-order chi connectivity index (χ1) is 8.54. The van der Waals surface area contributed by atoms with Crippen LogP contribution in [0.15, 0.2) is 30.5 Å². The first-order valence-electron chi connectivity index (χ1n) is 5.94. The number of carbonyl (C=O) groups is 1. The number of aromatic amines is 1. The predicted octanol–water partition coefficient (Wildman–Crippen LogP) is 2.80. The van der Waals surface area contributed by atoms with Gasteiger partial charge < -0.3 is 10.3 Å². The molecule has 1 amide bonds. The van der Waals surface area contributed by atoms with Crippen LogP contribution < -0.4 is 5.32 Å². The number of aromatic nitrogens is 1. The van der Waals surface area contributed by atoms with Crippen molar-refractivity contribution in [3.63, 3.8) is 0 Å². The first kappa shape index (κ1) is 13.0. The van der Waals surface area contributed by atoms with Crippen LogP contribution in [0.5, 0.6) is 0 Å². The van der Waals surface area contributed by atoms with Gasteiger partial charge in [-0.15, -0.1) is 11.6 Å². The van der Waals surface area contributed by atoms with Crippen LogP contribution >= 0.6 is 11.6 Å². The van der Waals surface area contributed by atoms with E-state index in [9.17, 15) is 4.79 Å². The smallest absolute Gasteiger partial charge is 0.234 e. The summed E-state index contributed by atoms with van der Waals surface area (Å²) in [5, 5.41) is 4.04. The van der Waals surface area contributed by atoms with Gasteiger partial charge >= 0.3 is 0 Å². The molecule has 2 aromatic rings. The third-order valence-electron chi connectivity index (χ3n) is 3.17. The molecule has 0 saturated carbocycles. The number of rotatable bonds is 4. The zero-order valence-corrected chi connectivity index (χ0v) is 11.3. The van der Waals surface area contributed by atoms with E-state index in [0.717, 1.165) is 5.52 Å². The van der Waals surface area contributed by atoms with E-state index in [0.29, 0.717) is 6.54 Å². The summed E-state index contributed by atoms with van der Waals surface area (Å²) < 4.78 is 0. The van der Waals surface area contributed by atoms with Gasteiger partial charge in [0.2, 0.25) is 5.91 Å². The number of hydrogen-bond donors (Lipinski definition) is 2. The lowest BCUT2D eigenvalue weighted by molar-refractivity contribution is -0.118. The molecule has 0 unspecified atom stereocenters. The molecule has 1 heterocycles. The average Bonchev–Trinajstić information content (AvgIpc) is 2.80. The Kier molecular flexibility index (Phi) is 3.62. The van der Waals surface area contributed by atoms with Gasteiger partial charge in [-0.2, -0.15) is 0 Å². The minimum atomic E-state index is -0.138. The second-order valence-corrected chi connectivity index (χ2v) is 5.31. The molecule has 0 bridgehead atoms. The molecule has 0 aliphatic rings. The number of halogens is 1. The summed E-state index contributed by atoms with van der Waals surface area (Å²) in [6.07, 6.45) is 2.01. The van der Waals surface area contributed by atoms with Crippen LogP contribution in [0.3, 0.4) is 0 Å². The highest BCUT2D eigenvalue weighted by molar-refractivity contribution is 6.27. The summed E-state index contributed by atoms with van der Waals surface area (Å²) in [7, 11) is 0. The monoisotopic (exact) mass is 264 g/mol. The molecule has 2 N–H and O–H groups in total. The highest BCUT2D eigenvalue weighted by Gasteiger charge is 2.24. The number of alkyl halides is 1. The lowest BCUT2D eigenvalue weighted by atomic mass is 9.84. The third-order valence-corrected chi connectivity index (χ3v) is 3.41. The number of amides is 1. The Morgan fingerprint density at radius 1 is 1.39 bits per heavy atom. The van der Waals surface area contributed by atoms with Crippen LogP contribution in [-0.2, 0) is 10.2 Å². The van der Waals surface area contributed by atoms with Crippen molar-refractivity contribution in [2.75, 3.05) is 12.4 Å². The second-order valence-electron chi connectivity index (χ2n) is 5.04. The largest absolute Gasteiger partial charge is 0.361 e. The topological polar surface area (TPSA) is 44.9 Å². The molecule has 3 nitrogen and oxygen atoms in total. The lowest BCUT2D eigenvalue weighted by Crippen LogP contribution is -2.37. The molecule has 1 aromatic carbocycles. The molecule has 0 aliphatic carbocycles. The van der Waals surface area contributed by atoms with Gasteiger partial charge in [0, 0.05) is 29.1 Å². The quantitative estimate of drug-likeness (QED) is 0.820. The van der Waals surface area contributed by atoms with Crippen LogP contribution in [0.1, 0.15) is 19.4 Å². The number of H-pyrrole nitrogens is 1. The SMILES string of the molecule is CC(C)(CNC(=O)CCl)c1c[nH]c2ccccc12. The van der Waals surface area contributed by atoms with Gasteiger partial charge in [-0.05, 0) is 11.6 Å². The van der Waals surface area contributed by atoms with Crippen molar-refractivity contribution in [3.05, 3.63) is 36.0 Å². The van der Waals surface area contributed by atoms with Gasteiger partial charge in [0.15, 0.2) is 0 Å². The predicted molar refractivity (Wildman–Crippen MR) is 75.1 cm³/mol. The molecule has 0 fully saturated rings. The first-order valence-corrected chi connectivity index (χ1v) is 6.47. The van der Waals surface area contributed by atoms with Crippen molar-refractivity contribution in [2.45, 2.75) is 19.3 Å². The average molecular weight is 265 g/mol. The zero-order valence-electron chi connectivity index (χ0n) is 10.6. The highest BCUT2D eigenvalue weighted by atomic mass is 35.5. The maximum atomic E-state index is 11.2. The number of para-hydroxylation sites is 1. The second kappa shape index (κ2) is 5.02. The van der Waals surface area contributed by atoms with Gasteiger partial charge in [-0.3, -0.25) is 4.79 Å². The summed E-state index contributed by atoms with van der Waals surface area (Å²) in [5.74, 6) is -0.131. The molecular formula is C14H17ClN2O. The normalized spacial score (nSPS) is 11.7. The van der Waals surface area contributed by atoms with Gasteiger partial charge in [-0.1, -0.05) is 32.0 Å². The van der Waals surface area contributed by atoms with Crippen molar-refractivity contribution < 1.29 is 4.79 Å². The van der Waals surface area contributed by atoms with Crippen LogP contribution in [0.4, 0.5) is 0 Å². The van der Waals surface area contributed by atoms with E-state index in [1.165, 1.54) is 10.9 Å². The van der Waals surface area contributed by atoms with Crippen LogP contribution in [-0.4, -0.2) is 23.3 Å². The highest BCUT2D eigenvalue weighted by Crippen LogP contribution is 2.29. The molecule has 0 spiro atoms. The van der Waals surface area contributed by atoms with E-state index in [1.54, 1.807) is 0 Å². The van der Waals surface area contributed by atoms with E-state index in [-0.39, 0.29) is 17.2 Å². The number of nitrogens with one attached hydrogen (secondary N) is 2. The molecular weight excluding hydrogens is 248 g/mol. The van der Waals surface area contributed by atoms with Gasteiger partial charge in [-0.25, -0.2) is 0 Å². The molecule has 0 atom stereocenters. The van der Waals surface area contributed by atoms with E-state index in [2.05, 4.69) is 30.2 Å². The standard InChI is InChI=1S/C14H17ClN2O/c1-14(2,9-17-13(18)7-15)11-8-16-12-6-4-3-5-10(11)12/h3-6,8,16H,7,9H2,1-2H3,(H,17,18). The minimum Gasteiger partial charge on any atom is -0.361 e. The summed E-state index contributed by atoms with van der Waals surface area (Å²) in [6, 6.07) is 8.16. The van der Waals surface area contributed by atoms with E-state index in [4.69, 9.17) is 11.6 Å². The summed E-state index contributed by atoms with van der Waals surface area (Å²) in [5.41, 5.74) is 2.18. The molecule has 2 rings (SSSR count). The van der Waals surface area contributed by atoms with Gasteiger partial charge in [0.25, 0.3) is 0 Å². The van der Waals surface area contributed by atoms with Crippen molar-refractivity contribution in [2.24, 2.45) is 0 Å². The number of benzene rings is 1. The Bertz CT molecular complexity index is 560. The Hall–Kier alpha value is -1.48. The zero-order chi connectivity index (χ0) is 13.2. The maximum Gasteiger partial charge on any atom is 0.234 e. The van der Waals surface area contributed by atoms with Crippen LogP contribution in [0.2, 0.25) is 0 Å². The van der Waals surface area contributed by atoms with Crippen LogP contribution in [0.25, 0.3) is 10.9 Å². The van der Waals surface area contributed by atoms with Crippen molar-refractivity contribution in [1.29, 1.82) is 0 Å². The molecule has 96 valence electrons. The fourth-order valence-electron chi connectivity index (χ4n) is 2.09. The fraction of sp³-hybridized carbons (Fsp3) is 0.357. The maximum absolute atomic E-state index is 11.2. The molecule has 4 heteroatoms. The molecule has 0 radical (unpaired) electrons. The Labute approximate surface area is 112 Å². The lowest BCUT2D eigenvalue weighted by Gasteiger charge is -2.24. The summed E-state index contributed by atoms with van der Waals surface area (Å²) >= 11 is 5.48. The molecule has 0 aliphatic heterocycles. The third kappa shape index (κ3) is 2.51. The van der Waals surface area contributed by atoms with Crippen molar-refractivity contribution in [3.8, 4) is 0 Å². The van der Waals surface area contributed by atoms with Crippen molar-refractivity contribution >= 4 is 28.4 Å². The van der Waals surface area contributed by atoms with Crippen molar-refractivity contribution in [1.82, 2.24) is 10.3 Å². The number of hydrogen-bond acceptors (Lipinski definition) is 1. The minimum absolute atomic E-state index is 0.00393.